The molecule has 220 valence electrons. The van der Waals surface area contributed by atoms with Gasteiger partial charge in [-0.05, 0) is 75.4 Å². The Balaban J connectivity index is 0.000000321. The molecule has 0 saturated carbocycles. The Morgan fingerprint density at radius 2 is 1.83 bits per heavy atom. The zero-order valence-electron chi connectivity index (χ0n) is 21.7. The second kappa shape index (κ2) is 11.5. The molecule has 0 atom stereocenters. The third kappa shape index (κ3) is 6.69. The maximum Gasteiger partial charge on any atom is 0.586 e. The molecule has 3 aliphatic rings. The van der Waals surface area contributed by atoms with Crippen molar-refractivity contribution in [1.29, 1.82) is 0 Å². The van der Waals surface area contributed by atoms with Gasteiger partial charge in [-0.15, -0.1) is 8.78 Å². The van der Waals surface area contributed by atoms with E-state index in [9.17, 15) is 26.7 Å². The molecule has 0 bridgehead atoms. The number of carboxylic acid groups (broad SMARTS) is 1. The van der Waals surface area contributed by atoms with Crippen LogP contribution in [0.5, 0.6) is 17.4 Å². The highest BCUT2D eigenvalue weighted by Crippen LogP contribution is 2.41. The van der Waals surface area contributed by atoms with Crippen LogP contribution in [0.25, 0.3) is 5.69 Å². The van der Waals surface area contributed by atoms with Gasteiger partial charge in [-0.25, -0.2) is 9.67 Å². The van der Waals surface area contributed by atoms with Gasteiger partial charge in [-0.3, -0.25) is 4.79 Å². The molecule has 41 heavy (non-hydrogen) atoms. The minimum Gasteiger partial charge on any atom is -0.481 e. The van der Waals surface area contributed by atoms with E-state index < -0.39 is 24.1 Å². The van der Waals surface area contributed by atoms with E-state index in [-0.39, 0.29) is 35.5 Å². The van der Waals surface area contributed by atoms with Crippen LogP contribution in [0, 0.1) is 5.92 Å². The Kier molecular flexibility index (Phi) is 8.02. The standard InChI is InChI=1S/C21H16F5N3O3.C6H11NO2/c22-20(23,24)19-14-3-1-2-4-15(14)29(28-19)13-7-8-27-18(10-13)30-11-12-5-6-16-17(9-12)32-21(25,26)31-16;8-6(9)5-1-3-7-4-2-5/h5-10H,1-4,11H2;5,7H,1-4H2,(H,8,9). The molecule has 2 N–H and O–H groups in total. The summed E-state index contributed by atoms with van der Waals surface area (Å²) in [7, 11) is 0. The number of rotatable bonds is 5. The Bertz CT molecular complexity index is 1410. The molecule has 1 saturated heterocycles. The molecule has 1 fully saturated rings. The molecule has 0 radical (unpaired) electrons. The van der Waals surface area contributed by atoms with Gasteiger partial charge in [0.25, 0.3) is 0 Å². The summed E-state index contributed by atoms with van der Waals surface area (Å²) in [5, 5.41) is 15.5. The number of nitrogens with one attached hydrogen (secondary N) is 1. The number of nitrogens with zero attached hydrogens (tertiary/aromatic N) is 3. The Labute approximate surface area is 231 Å². The van der Waals surface area contributed by atoms with Gasteiger partial charge in [-0.1, -0.05) is 6.07 Å². The van der Waals surface area contributed by atoms with Crippen LogP contribution in [0.4, 0.5) is 22.0 Å². The van der Waals surface area contributed by atoms with E-state index in [1.54, 1.807) is 6.07 Å². The lowest BCUT2D eigenvalue weighted by molar-refractivity contribution is -0.286. The summed E-state index contributed by atoms with van der Waals surface area (Å²) in [6.07, 6.45) is -2.95. The Morgan fingerprint density at radius 3 is 2.54 bits per heavy atom. The topological polar surface area (TPSA) is 108 Å². The third-order valence-corrected chi connectivity index (χ3v) is 6.95. The first-order chi connectivity index (χ1) is 19.5. The molecule has 3 aromatic rings. The van der Waals surface area contributed by atoms with E-state index in [2.05, 4.69) is 24.9 Å². The zero-order chi connectivity index (χ0) is 29.2. The molecule has 6 rings (SSSR count). The highest BCUT2D eigenvalue weighted by molar-refractivity contribution is 5.70. The van der Waals surface area contributed by atoms with Crippen molar-refractivity contribution in [2.24, 2.45) is 5.92 Å². The first-order valence-corrected chi connectivity index (χ1v) is 13.1. The number of benzene rings is 1. The van der Waals surface area contributed by atoms with E-state index >= 15 is 0 Å². The summed E-state index contributed by atoms with van der Waals surface area (Å²) >= 11 is 0. The number of fused-ring (bicyclic) bond motifs is 2. The van der Waals surface area contributed by atoms with Crippen molar-refractivity contribution >= 4 is 5.97 Å². The molecule has 1 aliphatic carbocycles. The first kappa shape index (κ1) is 28.6. The Morgan fingerprint density at radius 1 is 1.10 bits per heavy atom. The number of aliphatic carboxylic acids is 1. The van der Waals surface area contributed by atoms with Crippen LogP contribution >= 0.6 is 0 Å². The van der Waals surface area contributed by atoms with Gasteiger partial charge in [0.15, 0.2) is 17.2 Å². The summed E-state index contributed by atoms with van der Waals surface area (Å²) < 4.78 is 82.4. The second-order valence-corrected chi connectivity index (χ2v) is 9.84. The largest absolute Gasteiger partial charge is 0.586 e. The number of alkyl halides is 5. The molecule has 0 unspecified atom stereocenters. The van der Waals surface area contributed by atoms with Crippen molar-refractivity contribution in [2.45, 2.75) is 57.6 Å². The van der Waals surface area contributed by atoms with Crippen molar-refractivity contribution in [3.8, 4) is 23.1 Å². The fourth-order valence-corrected chi connectivity index (χ4v) is 4.96. The lowest BCUT2D eigenvalue weighted by atomic mass is 9.95. The molecule has 1 aromatic carbocycles. The zero-order valence-corrected chi connectivity index (χ0v) is 21.7. The van der Waals surface area contributed by atoms with Crippen molar-refractivity contribution < 1.29 is 46.1 Å². The minimum absolute atomic E-state index is 0.0241. The summed E-state index contributed by atoms with van der Waals surface area (Å²) in [6, 6.07) is 7.28. The average molecular weight is 583 g/mol. The first-order valence-electron chi connectivity index (χ1n) is 13.1. The highest BCUT2D eigenvalue weighted by atomic mass is 19.4. The number of carbonyl (C=O) groups is 1. The molecular formula is C27H27F5N4O5. The van der Waals surface area contributed by atoms with E-state index in [0.29, 0.717) is 36.2 Å². The van der Waals surface area contributed by atoms with Gasteiger partial charge in [0.2, 0.25) is 5.88 Å². The van der Waals surface area contributed by atoms with E-state index in [4.69, 9.17) is 9.84 Å². The average Bonchev–Trinajstić information content (AvgIpc) is 3.49. The molecule has 0 amide bonds. The summed E-state index contributed by atoms with van der Waals surface area (Å²) in [5.74, 6) is -0.773. The normalized spacial score (nSPS) is 17.8. The lowest BCUT2D eigenvalue weighted by Gasteiger charge is -2.17. The van der Waals surface area contributed by atoms with Crippen LogP contribution in [0.15, 0.2) is 36.5 Å². The van der Waals surface area contributed by atoms with Gasteiger partial charge < -0.3 is 24.6 Å². The maximum absolute atomic E-state index is 13.5. The maximum atomic E-state index is 13.5. The second-order valence-electron chi connectivity index (χ2n) is 9.84. The summed E-state index contributed by atoms with van der Waals surface area (Å²) in [4.78, 5) is 14.4. The number of ether oxygens (including phenoxy) is 3. The van der Waals surface area contributed by atoms with Crippen LogP contribution in [-0.4, -0.2) is 45.2 Å². The number of hydrogen-bond acceptors (Lipinski definition) is 7. The van der Waals surface area contributed by atoms with Gasteiger partial charge in [0.1, 0.15) is 6.61 Å². The van der Waals surface area contributed by atoms with E-state index in [1.807, 2.05) is 0 Å². The number of piperidine rings is 1. The van der Waals surface area contributed by atoms with Gasteiger partial charge in [0, 0.05) is 23.5 Å². The number of carboxylic acids is 1. The molecule has 9 nitrogen and oxygen atoms in total. The van der Waals surface area contributed by atoms with Crippen LogP contribution in [0.3, 0.4) is 0 Å². The molecule has 0 spiro atoms. The number of aromatic nitrogens is 3. The fourth-order valence-electron chi connectivity index (χ4n) is 4.96. The molecule has 4 heterocycles. The third-order valence-electron chi connectivity index (χ3n) is 6.95. The van der Waals surface area contributed by atoms with Crippen LogP contribution in [0.2, 0.25) is 0 Å². The van der Waals surface area contributed by atoms with Crippen molar-refractivity contribution in [2.75, 3.05) is 13.1 Å². The predicted octanol–water partition coefficient (Wildman–Crippen LogP) is 5.14. The van der Waals surface area contributed by atoms with E-state index in [0.717, 1.165) is 32.4 Å². The van der Waals surface area contributed by atoms with Crippen molar-refractivity contribution in [3.05, 3.63) is 59.0 Å². The van der Waals surface area contributed by atoms with Crippen molar-refractivity contribution in [3.63, 3.8) is 0 Å². The predicted molar refractivity (Wildman–Crippen MR) is 133 cm³/mol. The highest BCUT2D eigenvalue weighted by Gasteiger charge is 2.43. The van der Waals surface area contributed by atoms with Gasteiger partial charge in [0.05, 0.1) is 11.6 Å². The van der Waals surface area contributed by atoms with Crippen LogP contribution < -0.4 is 19.5 Å². The minimum atomic E-state index is -4.53. The SMILES string of the molecule is FC1(F)Oc2ccc(COc3cc(-n4nc(C(F)(F)F)c5c4CCCC5)ccn3)cc2O1.O=C(O)C1CCNCC1. The van der Waals surface area contributed by atoms with E-state index in [1.165, 1.54) is 35.1 Å². The van der Waals surface area contributed by atoms with Crippen molar-refractivity contribution in [1.82, 2.24) is 20.1 Å². The van der Waals surface area contributed by atoms with Gasteiger partial charge in [-0.2, -0.15) is 18.3 Å². The molecule has 2 aliphatic heterocycles. The fraction of sp³-hybridized carbons (Fsp3) is 0.444. The van der Waals surface area contributed by atoms with Crippen LogP contribution in [0.1, 0.15) is 48.2 Å². The molecular weight excluding hydrogens is 555 g/mol. The Hall–Kier alpha value is -3.94. The van der Waals surface area contributed by atoms with Crippen LogP contribution in [-0.2, 0) is 30.4 Å². The number of hydrogen-bond donors (Lipinski definition) is 2. The quantitative estimate of drug-likeness (QED) is 0.399. The van der Waals surface area contributed by atoms with Gasteiger partial charge >= 0.3 is 18.4 Å². The molecule has 2 aromatic heterocycles. The number of halogens is 5. The summed E-state index contributed by atoms with van der Waals surface area (Å²) in [5.41, 5.74) is 0.836. The number of pyridine rings is 1. The molecule has 14 heteroatoms. The monoisotopic (exact) mass is 582 g/mol. The smallest absolute Gasteiger partial charge is 0.481 e. The lowest BCUT2D eigenvalue weighted by Crippen LogP contribution is -2.31. The summed E-state index contributed by atoms with van der Waals surface area (Å²) in [6.45, 7) is 1.69.